The molecule has 0 spiro atoms. The molecule has 0 aromatic heterocycles. The Bertz CT molecular complexity index is 842. The number of halogens is 2. The molecule has 2 amide bonds. The first-order valence-corrected chi connectivity index (χ1v) is 8.74. The molecule has 0 aliphatic heterocycles. The second-order valence-corrected chi connectivity index (χ2v) is 6.26. The number of amides is 2. The highest BCUT2D eigenvalue weighted by Crippen LogP contribution is 2.29. The molecule has 0 atom stereocenters. The summed E-state index contributed by atoms with van der Waals surface area (Å²) in [7, 11) is 5.15. The summed E-state index contributed by atoms with van der Waals surface area (Å²) in [5.74, 6) is -1.10. The van der Waals surface area contributed by atoms with E-state index in [0.29, 0.717) is 6.54 Å². The van der Waals surface area contributed by atoms with Crippen LogP contribution in [0.25, 0.3) is 0 Å². The van der Waals surface area contributed by atoms with E-state index in [9.17, 15) is 18.4 Å². The van der Waals surface area contributed by atoms with Crippen LogP contribution in [-0.2, 0) is 11.3 Å². The van der Waals surface area contributed by atoms with E-state index in [2.05, 4.69) is 15.4 Å². The van der Waals surface area contributed by atoms with Crippen LogP contribution in [-0.4, -0.2) is 46.2 Å². The van der Waals surface area contributed by atoms with Crippen molar-refractivity contribution >= 4 is 17.5 Å². The van der Waals surface area contributed by atoms with Gasteiger partial charge < -0.3 is 25.0 Å². The van der Waals surface area contributed by atoms with Crippen LogP contribution in [0.5, 0.6) is 11.5 Å². The van der Waals surface area contributed by atoms with Gasteiger partial charge in [0.15, 0.2) is 11.5 Å². The maximum Gasteiger partial charge on any atom is 0.387 e. The number of nitrogens with zero attached hydrogens (tertiary/aromatic N) is 1. The Hall–Kier alpha value is -3.36. The van der Waals surface area contributed by atoms with Crippen LogP contribution in [0.4, 0.5) is 14.5 Å². The lowest BCUT2D eigenvalue weighted by Crippen LogP contribution is -2.36. The molecular formula is C20H23F2N3O4. The summed E-state index contributed by atoms with van der Waals surface area (Å²) in [4.78, 5) is 26.1. The summed E-state index contributed by atoms with van der Waals surface area (Å²) in [5.41, 5.74) is 2.12. The highest BCUT2D eigenvalue weighted by molar-refractivity contribution is 5.97. The van der Waals surface area contributed by atoms with Crippen molar-refractivity contribution in [1.29, 1.82) is 0 Å². The van der Waals surface area contributed by atoms with E-state index in [1.807, 2.05) is 43.3 Å². The van der Waals surface area contributed by atoms with Crippen LogP contribution in [0.3, 0.4) is 0 Å². The normalized spacial score (nSPS) is 10.4. The van der Waals surface area contributed by atoms with Crippen molar-refractivity contribution in [2.45, 2.75) is 13.2 Å². The van der Waals surface area contributed by atoms with Gasteiger partial charge in [-0.1, -0.05) is 12.1 Å². The molecule has 0 saturated heterocycles. The average Bonchev–Trinajstić information content (AvgIpc) is 2.70. The monoisotopic (exact) mass is 407 g/mol. The lowest BCUT2D eigenvalue weighted by Gasteiger charge is -2.13. The summed E-state index contributed by atoms with van der Waals surface area (Å²) in [6, 6.07) is 11.5. The highest BCUT2D eigenvalue weighted by Gasteiger charge is 2.14. The molecule has 0 bridgehead atoms. The van der Waals surface area contributed by atoms with Gasteiger partial charge in [-0.2, -0.15) is 8.78 Å². The second-order valence-electron chi connectivity index (χ2n) is 6.26. The summed E-state index contributed by atoms with van der Waals surface area (Å²) < 4.78 is 34.0. The van der Waals surface area contributed by atoms with Crippen molar-refractivity contribution in [3.8, 4) is 11.5 Å². The van der Waals surface area contributed by atoms with Crippen LogP contribution in [0, 0.1) is 0 Å². The van der Waals surface area contributed by atoms with Crippen molar-refractivity contribution in [2.75, 3.05) is 32.6 Å². The van der Waals surface area contributed by atoms with Crippen LogP contribution in [0.15, 0.2) is 42.5 Å². The third-order valence-electron chi connectivity index (χ3n) is 3.99. The maximum absolute atomic E-state index is 12.4. The van der Waals surface area contributed by atoms with Gasteiger partial charge in [-0.3, -0.25) is 9.59 Å². The largest absolute Gasteiger partial charge is 0.493 e. The molecule has 9 heteroatoms. The van der Waals surface area contributed by atoms with E-state index in [1.54, 1.807) is 0 Å². The Morgan fingerprint density at radius 1 is 1.03 bits per heavy atom. The molecule has 0 aliphatic rings. The van der Waals surface area contributed by atoms with Crippen LogP contribution < -0.4 is 25.0 Å². The molecule has 0 radical (unpaired) electrons. The fourth-order valence-electron chi connectivity index (χ4n) is 2.44. The smallest absolute Gasteiger partial charge is 0.387 e. The number of rotatable bonds is 9. The molecule has 29 heavy (non-hydrogen) atoms. The van der Waals surface area contributed by atoms with Crippen LogP contribution >= 0.6 is 0 Å². The lowest BCUT2D eigenvalue weighted by molar-refractivity contribution is -0.120. The predicted molar refractivity (Wildman–Crippen MR) is 105 cm³/mol. The molecule has 2 N–H and O–H groups in total. The molecule has 2 aromatic rings. The average molecular weight is 407 g/mol. The zero-order valence-electron chi connectivity index (χ0n) is 16.4. The number of ether oxygens (including phenoxy) is 2. The predicted octanol–water partition coefficient (Wildman–Crippen LogP) is 2.41. The van der Waals surface area contributed by atoms with Gasteiger partial charge in [-0.15, -0.1) is 0 Å². The summed E-state index contributed by atoms with van der Waals surface area (Å²) >= 11 is 0. The molecule has 0 unspecified atom stereocenters. The number of alkyl halides is 2. The Balaban J connectivity index is 1.85. The number of hydrogen-bond donors (Lipinski definition) is 2. The third-order valence-corrected chi connectivity index (χ3v) is 3.99. The van der Waals surface area contributed by atoms with Crippen LogP contribution in [0.2, 0.25) is 0 Å². The van der Waals surface area contributed by atoms with Crippen LogP contribution in [0.1, 0.15) is 15.9 Å². The minimum atomic E-state index is -3.01. The number of hydrogen-bond acceptors (Lipinski definition) is 5. The van der Waals surface area contributed by atoms with Gasteiger partial charge in [-0.05, 0) is 35.9 Å². The molecule has 0 fully saturated rings. The quantitative estimate of drug-likeness (QED) is 0.667. The molecule has 0 heterocycles. The number of nitrogens with one attached hydrogen (secondary N) is 2. The van der Waals surface area contributed by atoms with Gasteiger partial charge >= 0.3 is 6.61 Å². The SMILES string of the molecule is COc1cc(C(=O)NCC(=O)NCc2ccc(N(C)C)cc2)ccc1OC(F)F. The van der Waals surface area contributed by atoms with Gasteiger partial charge in [0.05, 0.1) is 13.7 Å². The first-order valence-electron chi connectivity index (χ1n) is 8.74. The van der Waals surface area contributed by atoms with E-state index in [4.69, 9.17) is 4.74 Å². The molecule has 156 valence electrons. The molecule has 0 saturated carbocycles. The Morgan fingerprint density at radius 3 is 2.31 bits per heavy atom. The highest BCUT2D eigenvalue weighted by atomic mass is 19.3. The third kappa shape index (κ3) is 6.63. The topological polar surface area (TPSA) is 79.9 Å². The summed E-state index contributed by atoms with van der Waals surface area (Å²) in [5, 5.41) is 5.18. The van der Waals surface area contributed by atoms with E-state index < -0.39 is 12.5 Å². The Labute approximate surface area is 167 Å². The van der Waals surface area contributed by atoms with Gasteiger partial charge in [0, 0.05) is 31.9 Å². The number of benzene rings is 2. The maximum atomic E-state index is 12.4. The fourth-order valence-corrected chi connectivity index (χ4v) is 2.44. The standard InChI is InChI=1S/C20H23F2N3O4/c1-25(2)15-7-4-13(5-8-15)11-23-18(26)12-24-19(27)14-6-9-16(29-20(21)22)17(10-14)28-3/h4-10,20H,11-12H2,1-3H3,(H,23,26)(H,24,27). The molecule has 2 rings (SSSR count). The van der Waals surface area contributed by atoms with Crippen molar-refractivity contribution in [2.24, 2.45) is 0 Å². The minimum absolute atomic E-state index is 0.0106. The number of carbonyl (C=O) groups excluding carboxylic acids is 2. The van der Waals surface area contributed by atoms with Crippen molar-refractivity contribution in [3.05, 3.63) is 53.6 Å². The van der Waals surface area contributed by atoms with Crippen molar-refractivity contribution < 1.29 is 27.8 Å². The molecule has 0 aliphatic carbocycles. The Morgan fingerprint density at radius 2 is 1.72 bits per heavy atom. The number of anilines is 1. The number of methoxy groups -OCH3 is 1. The van der Waals surface area contributed by atoms with E-state index in [0.717, 1.165) is 11.3 Å². The fraction of sp³-hybridized carbons (Fsp3) is 0.300. The lowest BCUT2D eigenvalue weighted by atomic mass is 10.2. The van der Waals surface area contributed by atoms with E-state index in [1.165, 1.54) is 25.3 Å². The number of carbonyl (C=O) groups is 2. The Kier molecular flexibility index (Phi) is 7.76. The molecular weight excluding hydrogens is 384 g/mol. The summed E-state index contributed by atoms with van der Waals surface area (Å²) in [6.07, 6.45) is 0. The zero-order valence-corrected chi connectivity index (χ0v) is 16.4. The van der Waals surface area contributed by atoms with E-state index >= 15 is 0 Å². The first-order chi connectivity index (χ1) is 13.8. The zero-order chi connectivity index (χ0) is 21.4. The molecule has 2 aromatic carbocycles. The second kappa shape index (κ2) is 10.3. The van der Waals surface area contributed by atoms with Gasteiger partial charge in [0.25, 0.3) is 5.91 Å². The van der Waals surface area contributed by atoms with Gasteiger partial charge in [0.2, 0.25) is 5.91 Å². The molecule has 7 nitrogen and oxygen atoms in total. The first kappa shape index (κ1) is 21.9. The van der Waals surface area contributed by atoms with Crippen molar-refractivity contribution in [3.63, 3.8) is 0 Å². The van der Waals surface area contributed by atoms with Gasteiger partial charge in [0.1, 0.15) is 0 Å². The summed E-state index contributed by atoms with van der Waals surface area (Å²) in [6.45, 7) is -2.91. The van der Waals surface area contributed by atoms with E-state index in [-0.39, 0.29) is 29.5 Å². The minimum Gasteiger partial charge on any atom is -0.493 e. The van der Waals surface area contributed by atoms with Crippen molar-refractivity contribution in [1.82, 2.24) is 10.6 Å². The van der Waals surface area contributed by atoms with Gasteiger partial charge in [-0.25, -0.2) is 0 Å².